The van der Waals surface area contributed by atoms with Gasteiger partial charge in [-0.1, -0.05) is 36.4 Å². The smallest absolute Gasteiger partial charge is 0.272 e. The third-order valence-corrected chi connectivity index (χ3v) is 6.76. The molecule has 0 amide bonds. The van der Waals surface area contributed by atoms with Crippen molar-refractivity contribution in [1.82, 2.24) is 4.98 Å². The number of nitrogens with zero attached hydrogens (tertiary/aromatic N) is 2. The molecule has 1 fully saturated rings. The quantitative estimate of drug-likeness (QED) is 0.179. The zero-order valence-electron chi connectivity index (χ0n) is 22.8. The number of pyridine rings is 1. The maximum atomic E-state index is 15.2. The third kappa shape index (κ3) is 6.62. The van der Waals surface area contributed by atoms with Crippen LogP contribution in [0.2, 0.25) is 0 Å². The van der Waals surface area contributed by atoms with Crippen LogP contribution in [0.4, 0.5) is 15.9 Å². The molecule has 41 heavy (non-hydrogen) atoms. The van der Waals surface area contributed by atoms with E-state index in [2.05, 4.69) is 10.3 Å². The van der Waals surface area contributed by atoms with Gasteiger partial charge in [0.1, 0.15) is 23.8 Å². The van der Waals surface area contributed by atoms with Crippen molar-refractivity contribution in [3.63, 3.8) is 0 Å². The van der Waals surface area contributed by atoms with Crippen LogP contribution in [-0.4, -0.2) is 49.0 Å². The number of aromatic nitrogens is 1. The van der Waals surface area contributed by atoms with Crippen LogP contribution in [0.25, 0.3) is 22.3 Å². The molecule has 0 unspecified atom stereocenters. The van der Waals surface area contributed by atoms with Crippen LogP contribution in [0.15, 0.2) is 79.0 Å². The fraction of sp³-hybridized carbons (Fsp3) is 0.258. The van der Waals surface area contributed by atoms with Crippen molar-refractivity contribution in [2.75, 3.05) is 38.9 Å². The monoisotopic (exact) mass is 559 g/mol. The summed E-state index contributed by atoms with van der Waals surface area (Å²) in [5.74, 6) is 0.782. The second-order valence-electron chi connectivity index (χ2n) is 9.89. The van der Waals surface area contributed by atoms with Crippen molar-refractivity contribution in [2.45, 2.75) is 19.1 Å². The summed E-state index contributed by atoms with van der Waals surface area (Å²) < 4.78 is 38.2. The Hall–Kier alpha value is -4.54. The SMILES string of the molecule is COc1cc(-c2cnc(NCc3ccccc3)c(-c3ccc([N+](=O)[O-])cc3F)c2)ccc1OC[C@@]1(C)COCCO1. The van der Waals surface area contributed by atoms with E-state index in [9.17, 15) is 10.1 Å². The van der Waals surface area contributed by atoms with Gasteiger partial charge in [0.25, 0.3) is 5.69 Å². The Kier molecular flexibility index (Phi) is 8.42. The highest BCUT2D eigenvalue weighted by molar-refractivity contribution is 5.81. The molecule has 212 valence electrons. The van der Waals surface area contributed by atoms with Gasteiger partial charge in [0.05, 0.1) is 37.9 Å². The number of nitrogens with one attached hydrogen (secondary N) is 1. The Morgan fingerprint density at radius 2 is 1.85 bits per heavy atom. The fourth-order valence-corrected chi connectivity index (χ4v) is 4.54. The van der Waals surface area contributed by atoms with Crippen LogP contribution in [-0.2, 0) is 16.0 Å². The van der Waals surface area contributed by atoms with Gasteiger partial charge < -0.3 is 24.3 Å². The number of anilines is 1. The number of hydrogen-bond donors (Lipinski definition) is 1. The lowest BCUT2D eigenvalue weighted by Crippen LogP contribution is -2.45. The Labute approximate surface area is 237 Å². The Bertz CT molecular complexity index is 1530. The zero-order valence-corrected chi connectivity index (χ0v) is 22.8. The molecule has 3 aromatic carbocycles. The van der Waals surface area contributed by atoms with Crippen molar-refractivity contribution in [1.29, 1.82) is 0 Å². The second kappa shape index (κ2) is 12.3. The minimum absolute atomic E-state index is 0.190. The highest BCUT2D eigenvalue weighted by Gasteiger charge is 2.30. The van der Waals surface area contributed by atoms with Crippen LogP contribution < -0.4 is 14.8 Å². The van der Waals surface area contributed by atoms with Crippen LogP contribution >= 0.6 is 0 Å². The number of nitro benzene ring substituents is 1. The van der Waals surface area contributed by atoms with Gasteiger partial charge in [-0.05, 0) is 42.3 Å². The number of halogens is 1. The Morgan fingerprint density at radius 1 is 1.02 bits per heavy atom. The molecule has 9 nitrogen and oxygen atoms in total. The maximum absolute atomic E-state index is 15.2. The maximum Gasteiger partial charge on any atom is 0.272 e. The first kappa shape index (κ1) is 28.0. The average Bonchev–Trinajstić information content (AvgIpc) is 3.00. The van der Waals surface area contributed by atoms with Crippen LogP contribution in [0, 0.1) is 15.9 Å². The molecule has 0 saturated carbocycles. The van der Waals surface area contributed by atoms with Gasteiger partial charge >= 0.3 is 0 Å². The molecule has 1 atom stereocenters. The van der Waals surface area contributed by atoms with Gasteiger partial charge in [-0.25, -0.2) is 9.37 Å². The van der Waals surface area contributed by atoms with E-state index >= 15 is 4.39 Å². The Morgan fingerprint density at radius 3 is 2.56 bits per heavy atom. The molecule has 2 heterocycles. The molecule has 1 N–H and O–H groups in total. The van der Waals surface area contributed by atoms with Crippen molar-refractivity contribution in [2.24, 2.45) is 0 Å². The number of non-ortho nitro benzene ring substituents is 1. The largest absolute Gasteiger partial charge is 0.493 e. The highest BCUT2D eigenvalue weighted by Crippen LogP contribution is 2.37. The van der Waals surface area contributed by atoms with E-state index in [1.54, 1.807) is 25.4 Å². The normalized spacial score (nSPS) is 16.7. The first-order valence-corrected chi connectivity index (χ1v) is 13.1. The number of ether oxygens (including phenoxy) is 4. The summed E-state index contributed by atoms with van der Waals surface area (Å²) >= 11 is 0. The Balaban J connectivity index is 1.47. The standard InChI is InChI=1S/C31H30FN3O6/c1-31(19-39-12-13-41-31)20-40-28-11-8-22(15-29(28)38-2)23-14-26(25-10-9-24(35(36)37)16-27(25)32)30(34-18-23)33-17-21-6-4-3-5-7-21/h3-11,14-16,18H,12-13,17,19-20H2,1-2H3,(H,33,34)/t31-/m1/s1. The van der Waals surface area contributed by atoms with E-state index in [0.717, 1.165) is 17.2 Å². The highest BCUT2D eigenvalue weighted by atomic mass is 19.1. The minimum atomic E-state index is -0.718. The summed E-state index contributed by atoms with van der Waals surface area (Å²) in [5, 5.41) is 14.5. The second-order valence-corrected chi connectivity index (χ2v) is 9.89. The van der Waals surface area contributed by atoms with Gasteiger partial charge in [0, 0.05) is 35.5 Å². The molecule has 0 aliphatic carbocycles. The lowest BCUT2D eigenvalue weighted by Gasteiger charge is -2.33. The van der Waals surface area contributed by atoms with E-state index in [1.807, 2.05) is 49.4 Å². The summed E-state index contributed by atoms with van der Waals surface area (Å²) in [5.41, 5.74) is 2.26. The molecular weight excluding hydrogens is 529 g/mol. The van der Waals surface area contributed by atoms with E-state index in [4.69, 9.17) is 18.9 Å². The van der Waals surface area contributed by atoms with E-state index in [-0.39, 0.29) is 17.9 Å². The molecule has 1 aliphatic rings. The van der Waals surface area contributed by atoms with Crippen molar-refractivity contribution in [3.05, 3.63) is 100 Å². The number of hydrogen-bond acceptors (Lipinski definition) is 8. The molecule has 0 bridgehead atoms. The number of nitro groups is 1. The summed E-state index contributed by atoms with van der Waals surface area (Å²) in [6, 6.07) is 20.6. The summed E-state index contributed by atoms with van der Waals surface area (Å²) in [4.78, 5) is 15.2. The lowest BCUT2D eigenvalue weighted by molar-refractivity contribution is -0.385. The molecule has 4 aromatic rings. The molecule has 5 rings (SSSR count). The third-order valence-electron chi connectivity index (χ3n) is 6.76. The summed E-state index contributed by atoms with van der Waals surface area (Å²) in [6.45, 7) is 4.19. The van der Waals surface area contributed by atoms with Gasteiger partial charge in [0.2, 0.25) is 0 Å². The predicted octanol–water partition coefficient (Wildman–Crippen LogP) is 6.27. The molecule has 0 radical (unpaired) electrons. The molecule has 1 aromatic heterocycles. The first-order valence-electron chi connectivity index (χ1n) is 13.1. The molecular formula is C31H30FN3O6. The van der Waals surface area contributed by atoms with E-state index < -0.39 is 16.3 Å². The van der Waals surface area contributed by atoms with Gasteiger partial charge in [-0.2, -0.15) is 0 Å². The van der Waals surface area contributed by atoms with Gasteiger partial charge in [-0.3, -0.25) is 10.1 Å². The topological polar surface area (TPSA) is 105 Å². The van der Waals surface area contributed by atoms with Crippen LogP contribution in [0.3, 0.4) is 0 Å². The molecule has 1 aliphatic heterocycles. The molecule has 10 heteroatoms. The van der Waals surface area contributed by atoms with E-state index in [0.29, 0.717) is 54.8 Å². The molecule has 0 spiro atoms. The fourth-order valence-electron chi connectivity index (χ4n) is 4.54. The lowest BCUT2D eigenvalue weighted by atomic mass is 9.99. The molecule has 1 saturated heterocycles. The number of benzene rings is 3. The number of rotatable bonds is 10. The average molecular weight is 560 g/mol. The van der Waals surface area contributed by atoms with E-state index in [1.165, 1.54) is 12.1 Å². The van der Waals surface area contributed by atoms with Crippen LogP contribution in [0.1, 0.15) is 12.5 Å². The van der Waals surface area contributed by atoms with Crippen molar-refractivity contribution >= 4 is 11.5 Å². The van der Waals surface area contributed by atoms with Gasteiger partial charge in [0.15, 0.2) is 11.5 Å². The zero-order chi connectivity index (χ0) is 28.8. The van der Waals surface area contributed by atoms with Crippen LogP contribution in [0.5, 0.6) is 11.5 Å². The number of methoxy groups -OCH3 is 1. The minimum Gasteiger partial charge on any atom is -0.493 e. The van der Waals surface area contributed by atoms with Crippen molar-refractivity contribution in [3.8, 4) is 33.8 Å². The summed E-state index contributed by atoms with van der Waals surface area (Å²) in [7, 11) is 1.56. The van der Waals surface area contributed by atoms with Crippen molar-refractivity contribution < 1.29 is 28.3 Å². The van der Waals surface area contributed by atoms with Gasteiger partial charge in [-0.15, -0.1) is 0 Å². The first-order chi connectivity index (χ1) is 19.8. The summed E-state index contributed by atoms with van der Waals surface area (Å²) in [6.07, 6.45) is 1.68. The predicted molar refractivity (Wildman–Crippen MR) is 153 cm³/mol.